The van der Waals surface area contributed by atoms with E-state index in [9.17, 15) is 9.18 Å². The Labute approximate surface area is 155 Å². The summed E-state index contributed by atoms with van der Waals surface area (Å²) in [6.07, 6.45) is 2.96. The molecule has 0 radical (unpaired) electrons. The van der Waals surface area contributed by atoms with Gasteiger partial charge in [0, 0.05) is 30.8 Å². The smallest absolute Gasteiger partial charge is 0.223 e. The van der Waals surface area contributed by atoms with E-state index in [1.54, 1.807) is 24.3 Å². The molecule has 1 N–H and O–H groups in total. The average molecular weight is 369 g/mol. The molecule has 7 nitrogen and oxygen atoms in total. The summed E-state index contributed by atoms with van der Waals surface area (Å²) in [5.41, 5.74) is 1.44. The molecule has 0 spiro atoms. The number of ether oxygens (including phenoxy) is 1. The molecule has 140 valence electrons. The van der Waals surface area contributed by atoms with E-state index in [1.807, 2.05) is 6.92 Å². The lowest BCUT2D eigenvalue weighted by molar-refractivity contribution is -0.128. The van der Waals surface area contributed by atoms with Crippen LogP contribution in [0.15, 0.2) is 36.7 Å². The number of carbonyl (C=O) groups excluding carboxylic acids is 1. The molecule has 1 aliphatic rings. The fourth-order valence-electron chi connectivity index (χ4n) is 3.17. The summed E-state index contributed by atoms with van der Waals surface area (Å²) in [6.45, 7) is 3.07. The van der Waals surface area contributed by atoms with Gasteiger partial charge in [0.05, 0.1) is 11.7 Å². The fraction of sp³-hybridized carbons (Fsp3) is 0.368. The van der Waals surface area contributed by atoms with Gasteiger partial charge < -0.3 is 10.1 Å². The maximum Gasteiger partial charge on any atom is 0.223 e. The highest BCUT2D eigenvalue weighted by Crippen LogP contribution is 2.22. The minimum Gasteiger partial charge on any atom is -0.381 e. The molecule has 3 heterocycles. The normalized spacial score (nSPS) is 16.4. The Morgan fingerprint density at radius 3 is 2.89 bits per heavy atom. The Balaban J connectivity index is 1.54. The van der Waals surface area contributed by atoms with E-state index in [0.717, 1.165) is 12.8 Å². The molecule has 1 atom stereocenters. The second-order valence-corrected chi connectivity index (χ2v) is 6.64. The number of hydrogen-bond donors (Lipinski definition) is 1. The fourth-order valence-corrected chi connectivity index (χ4v) is 3.17. The van der Waals surface area contributed by atoms with Crippen LogP contribution in [-0.4, -0.2) is 38.7 Å². The predicted molar refractivity (Wildman–Crippen MR) is 96.3 cm³/mol. The van der Waals surface area contributed by atoms with E-state index in [2.05, 4.69) is 20.4 Å². The summed E-state index contributed by atoms with van der Waals surface area (Å²) in [4.78, 5) is 21.1. The summed E-state index contributed by atoms with van der Waals surface area (Å²) in [7, 11) is 0. The van der Waals surface area contributed by atoms with Crippen molar-refractivity contribution < 1.29 is 13.9 Å². The maximum atomic E-state index is 14.0. The van der Waals surface area contributed by atoms with E-state index in [0.29, 0.717) is 35.9 Å². The van der Waals surface area contributed by atoms with Crippen molar-refractivity contribution in [2.45, 2.75) is 25.8 Å². The summed E-state index contributed by atoms with van der Waals surface area (Å²) in [6, 6.07) is 7.80. The highest BCUT2D eigenvalue weighted by Gasteiger charge is 2.24. The van der Waals surface area contributed by atoms with Crippen LogP contribution in [0.3, 0.4) is 0 Å². The zero-order chi connectivity index (χ0) is 18.8. The van der Waals surface area contributed by atoms with Crippen LogP contribution in [-0.2, 0) is 9.53 Å². The minimum absolute atomic E-state index is 0.00479. The van der Waals surface area contributed by atoms with Gasteiger partial charge in [-0.15, -0.1) is 5.10 Å². The molecule has 3 aromatic rings. The topological polar surface area (TPSA) is 81.4 Å². The molecular weight excluding hydrogens is 349 g/mol. The van der Waals surface area contributed by atoms with Crippen LogP contribution in [0.2, 0.25) is 0 Å². The van der Waals surface area contributed by atoms with Gasteiger partial charge in [0.1, 0.15) is 12.1 Å². The van der Waals surface area contributed by atoms with Crippen LogP contribution < -0.4 is 5.32 Å². The van der Waals surface area contributed by atoms with Gasteiger partial charge in [-0.2, -0.15) is 0 Å². The van der Waals surface area contributed by atoms with E-state index < -0.39 is 0 Å². The summed E-state index contributed by atoms with van der Waals surface area (Å²) in [5.74, 6) is 0.108. The first-order valence-electron chi connectivity index (χ1n) is 8.97. The number of nitrogens with zero attached hydrogens (tertiary/aromatic N) is 4. The molecule has 8 heteroatoms. The van der Waals surface area contributed by atoms with Crippen molar-refractivity contribution in [1.29, 1.82) is 0 Å². The van der Waals surface area contributed by atoms with Crippen LogP contribution in [0.5, 0.6) is 0 Å². The molecule has 0 aliphatic carbocycles. The van der Waals surface area contributed by atoms with Crippen molar-refractivity contribution in [2.24, 2.45) is 5.92 Å². The molecule has 1 saturated heterocycles. The third-order valence-electron chi connectivity index (χ3n) is 4.73. The quantitative estimate of drug-likeness (QED) is 0.764. The highest BCUT2D eigenvalue weighted by molar-refractivity contribution is 5.79. The maximum absolute atomic E-state index is 14.0. The van der Waals surface area contributed by atoms with E-state index >= 15 is 0 Å². The number of hydrogen-bond acceptors (Lipinski definition) is 5. The van der Waals surface area contributed by atoms with Gasteiger partial charge >= 0.3 is 0 Å². The standard InChI is InChI=1S/C19H20FN5O2/c1-12(22-19(26)13-6-8-27-9-7-13)18-23-17-10-16(21-11-25(17)24-18)14-4-2-3-5-15(14)20/h2-5,10-13H,6-9H2,1H3,(H,22,26)/t12-/m0/s1. The van der Waals surface area contributed by atoms with Crippen LogP contribution in [0, 0.1) is 11.7 Å². The highest BCUT2D eigenvalue weighted by atomic mass is 19.1. The van der Waals surface area contributed by atoms with Gasteiger partial charge in [-0.25, -0.2) is 18.9 Å². The molecule has 0 unspecified atom stereocenters. The van der Waals surface area contributed by atoms with Crippen molar-refractivity contribution in [1.82, 2.24) is 24.9 Å². The first-order chi connectivity index (χ1) is 13.1. The Morgan fingerprint density at radius 1 is 1.33 bits per heavy atom. The van der Waals surface area contributed by atoms with Gasteiger partial charge in [-0.3, -0.25) is 4.79 Å². The molecular formula is C19H20FN5O2. The zero-order valence-corrected chi connectivity index (χ0v) is 14.9. The lowest BCUT2D eigenvalue weighted by Gasteiger charge is -2.22. The van der Waals surface area contributed by atoms with Crippen molar-refractivity contribution >= 4 is 11.6 Å². The molecule has 27 heavy (non-hydrogen) atoms. The summed E-state index contributed by atoms with van der Waals surface area (Å²) < 4.78 is 20.8. The van der Waals surface area contributed by atoms with Crippen LogP contribution in [0.4, 0.5) is 4.39 Å². The predicted octanol–water partition coefficient (Wildman–Crippen LogP) is 2.53. The minimum atomic E-state index is -0.341. The zero-order valence-electron chi connectivity index (χ0n) is 14.9. The first-order valence-corrected chi connectivity index (χ1v) is 8.97. The van der Waals surface area contributed by atoms with Crippen LogP contribution in [0.25, 0.3) is 16.9 Å². The summed E-state index contributed by atoms with van der Waals surface area (Å²) >= 11 is 0. The molecule has 4 rings (SSSR count). The number of halogens is 1. The average Bonchev–Trinajstić information content (AvgIpc) is 3.12. The lowest BCUT2D eigenvalue weighted by Crippen LogP contribution is -2.36. The largest absolute Gasteiger partial charge is 0.381 e. The molecule has 1 amide bonds. The Morgan fingerprint density at radius 2 is 2.11 bits per heavy atom. The third-order valence-corrected chi connectivity index (χ3v) is 4.73. The Kier molecular flexibility index (Phi) is 4.81. The van der Waals surface area contributed by atoms with Crippen LogP contribution in [0.1, 0.15) is 31.6 Å². The van der Waals surface area contributed by atoms with Gasteiger partial charge in [-0.1, -0.05) is 12.1 Å². The molecule has 0 saturated carbocycles. The Bertz CT molecular complexity index is 968. The number of amides is 1. The van der Waals surface area contributed by atoms with E-state index in [1.165, 1.54) is 16.9 Å². The number of rotatable bonds is 4. The van der Waals surface area contributed by atoms with Crippen molar-refractivity contribution in [3.05, 3.63) is 48.3 Å². The molecule has 1 aliphatic heterocycles. The number of nitrogens with one attached hydrogen (secondary N) is 1. The number of aromatic nitrogens is 4. The monoisotopic (exact) mass is 369 g/mol. The second kappa shape index (κ2) is 7.40. The molecule has 1 fully saturated rings. The third kappa shape index (κ3) is 3.66. The molecule has 1 aromatic carbocycles. The number of fused-ring (bicyclic) bond motifs is 1. The molecule has 0 bridgehead atoms. The van der Waals surface area contributed by atoms with Gasteiger partial charge in [0.15, 0.2) is 11.5 Å². The van der Waals surface area contributed by atoms with Gasteiger partial charge in [-0.05, 0) is 31.9 Å². The number of carbonyl (C=O) groups is 1. The Hall–Kier alpha value is -2.87. The van der Waals surface area contributed by atoms with Crippen molar-refractivity contribution in [3.8, 4) is 11.3 Å². The summed E-state index contributed by atoms with van der Waals surface area (Å²) in [5, 5.41) is 7.35. The van der Waals surface area contributed by atoms with Crippen molar-refractivity contribution in [2.75, 3.05) is 13.2 Å². The second-order valence-electron chi connectivity index (χ2n) is 6.64. The first kappa shape index (κ1) is 17.5. The lowest BCUT2D eigenvalue weighted by atomic mass is 9.99. The SMILES string of the molecule is C[C@H](NC(=O)C1CCOCC1)c1nc2cc(-c3ccccc3F)ncn2n1. The molecule has 2 aromatic heterocycles. The van der Waals surface area contributed by atoms with E-state index in [-0.39, 0.29) is 23.7 Å². The van der Waals surface area contributed by atoms with Gasteiger partial charge in [0.2, 0.25) is 5.91 Å². The van der Waals surface area contributed by atoms with Crippen LogP contribution >= 0.6 is 0 Å². The van der Waals surface area contributed by atoms with Crippen molar-refractivity contribution in [3.63, 3.8) is 0 Å². The number of benzene rings is 1. The van der Waals surface area contributed by atoms with E-state index in [4.69, 9.17) is 4.74 Å². The van der Waals surface area contributed by atoms with Gasteiger partial charge in [0.25, 0.3) is 0 Å².